The van der Waals surface area contributed by atoms with Gasteiger partial charge in [0.15, 0.2) is 6.61 Å². The van der Waals surface area contributed by atoms with E-state index in [2.05, 4.69) is 5.32 Å². The number of amides is 2. The molecule has 6 nitrogen and oxygen atoms in total. The first-order valence-corrected chi connectivity index (χ1v) is 8.97. The van der Waals surface area contributed by atoms with Crippen LogP contribution in [-0.2, 0) is 19.1 Å². The van der Waals surface area contributed by atoms with Gasteiger partial charge in [0.25, 0.3) is 5.91 Å². The average molecular weight is 407 g/mol. The lowest BCUT2D eigenvalue weighted by Crippen LogP contribution is -2.28. The van der Waals surface area contributed by atoms with Crippen molar-refractivity contribution in [1.29, 1.82) is 0 Å². The van der Waals surface area contributed by atoms with Gasteiger partial charge in [-0.25, -0.2) is 0 Å². The second kappa shape index (κ2) is 8.41. The Morgan fingerprint density at radius 2 is 1.85 bits per heavy atom. The van der Waals surface area contributed by atoms with Crippen molar-refractivity contribution in [2.24, 2.45) is 5.92 Å². The van der Waals surface area contributed by atoms with Crippen molar-refractivity contribution in [2.75, 3.05) is 23.4 Å². The van der Waals surface area contributed by atoms with E-state index in [4.69, 9.17) is 27.9 Å². The number of hydrogen-bond donors (Lipinski definition) is 1. The Bertz CT molecular complexity index is 873. The van der Waals surface area contributed by atoms with Crippen LogP contribution in [0.15, 0.2) is 48.5 Å². The van der Waals surface area contributed by atoms with E-state index >= 15 is 0 Å². The molecule has 1 aliphatic heterocycles. The minimum absolute atomic E-state index is 0.0119. The van der Waals surface area contributed by atoms with Gasteiger partial charge in [-0.2, -0.15) is 0 Å². The first kappa shape index (κ1) is 19.2. The fraction of sp³-hybridized carbons (Fsp3) is 0.211. The van der Waals surface area contributed by atoms with Crippen LogP contribution in [0.5, 0.6) is 0 Å². The molecule has 1 saturated heterocycles. The molecule has 0 aromatic heterocycles. The minimum atomic E-state index is -0.669. The number of rotatable bonds is 5. The van der Waals surface area contributed by atoms with E-state index in [1.54, 1.807) is 42.5 Å². The Morgan fingerprint density at radius 1 is 1.11 bits per heavy atom. The molecule has 0 saturated carbocycles. The molecule has 0 bridgehead atoms. The van der Waals surface area contributed by atoms with Crippen LogP contribution in [0.1, 0.15) is 6.42 Å². The highest BCUT2D eigenvalue weighted by Gasteiger charge is 2.37. The van der Waals surface area contributed by atoms with Crippen LogP contribution in [0.25, 0.3) is 0 Å². The van der Waals surface area contributed by atoms with E-state index < -0.39 is 24.4 Å². The van der Waals surface area contributed by atoms with Crippen LogP contribution in [-0.4, -0.2) is 30.9 Å². The van der Waals surface area contributed by atoms with Gasteiger partial charge in [-0.05, 0) is 24.3 Å². The van der Waals surface area contributed by atoms with Gasteiger partial charge in [-0.1, -0.05) is 47.5 Å². The van der Waals surface area contributed by atoms with Crippen LogP contribution in [0.2, 0.25) is 10.0 Å². The fourth-order valence-corrected chi connectivity index (χ4v) is 3.17. The molecule has 140 valence electrons. The van der Waals surface area contributed by atoms with Crippen molar-refractivity contribution < 1.29 is 19.1 Å². The monoisotopic (exact) mass is 406 g/mol. The second-order valence-electron chi connectivity index (χ2n) is 6.00. The zero-order chi connectivity index (χ0) is 19.4. The Labute approximate surface area is 166 Å². The molecular formula is C19H16Cl2N2O4. The van der Waals surface area contributed by atoms with Crippen molar-refractivity contribution in [3.05, 3.63) is 58.6 Å². The van der Waals surface area contributed by atoms with E-state index in [9.17, 15) is 14.4 Å². The summed E-state index contributed by atoms with van der Waals surface area (Å²) in [6, 6.07) is 13.8. The first-order chi connectivity index (χ1) is 13.0. The zero-order valence-corrected chi connectivity index (χ0v) is 15.7. The van der Waals surface area contributed by atoms with Crippen LogP contribution in [0.4, 0.5) is 11.4 Å². The predicted molar refractivity (Wildman–Crippen MR) is 103 cm³/mol. The Morgan fingerprint density at radius 3 is 2.59 bits per heavy atom. The largest absolute Gasteiger partial charge is 0.455 e. The number of benzene rings is 2. The molecule has 0 spiro atoms. The van der Waals surface area contributed by atoms with Crippen LogP contribution in [0, 0.1) is 5.92 Å². The number of carbonyl (C=O) groups is 3. The molecule has 27 heavy (non-hydrogen) atoms. The average Bonchev–Trinajstić information content (AvgIpc) is 3.04. The lowest BCUT2D eigenvalue weighted by Gasteiger charge is -2.18. The normalized spacial score (nSPS) is 16.3. The molecule has 1 fully saturated rings. The minimum Gasteiger partial charge on any atom is -0.455 e. The standard InChI is InChI=1S/C19H16Cl2N2O4/c20-14-7-4-8-15(18(14)21)23-10-12(9-17(23)25)19(26)27-11-16(24)22-13-5-2-1-3-6-13/h1-8,12H,9-11H2,(H,22,24)/t12-/m1/s1. The lowest BCUT2D eigenvalue weighted by molar-refractivity contribution is -0.151. The van der Waals surface area contributed by atoms with Crippen molar-refractivity contribution in [2.45, 2.75) is 6.42 Å². The van der Waals surface area contributed by atoms with Crippen molar-refractivity contribution in [1.82, 2.24) is 0 Å². The van der Waals surface area contributed by atoms with Crippen LogP contribution < -0.4 is 10.2 Å². The summed E-state index contributed by atoms with van der Waals surface area (Å²) < 4.78 is 5.06. The van der Waals surface area contributed by atoms with Crippen LogP contribution >= 0.6 is 23.2 Å². The maximum Gasteiger partial charge on any atom is 0.311 e. The number of carbonyl (C=O) groups excluding carboxylic acids is 3. The van der Waals surface area contributed by atoms with E-state index in [1.807, 2.05) is 6.07 Å². The fourth-order valence-electron chi connectivity index (χ4n) is 2.77. The third-order valence-electron chi connectivity index (χ3n) is 4.08. The number of hydrogen-bond acceptors (Lipinski definition) is 4. The maximum atomic E-state index is 12.3. The van der Waals surface area contributed by atoms with Gasteiger partial charge in [-0.15, -0.1) is 0 Å². The number of anilines is 2. The molecule has 1 N–H and O–H groups in total. The quantitative estimate of drug-likeness (QED) is 0.770. The molecule has 2 amide bonds. The molecule has 2 aromatic rings. The van der Waals surface area contributed by atoms with Crippen molar-refractivity contribution >= 4 is 52.4 Å². The van der Waals surface area contributed by atoms with E-state index in [-0.39, 0.29) is 23.9 Å². The van der Waals surface area contributed by atoms with E-state index in [1.165, 1.54) is 4.90 Å². The van der Waals surface area contributed by atoms with Crippen molar-refractivity contribution in [3.63, 3.8) is 0 Å². The molecule has 8 heteroatoms. The van der Waals surface area contributed by atoms with Crippen LogP contribution in [0.3, 0.4) is 0 Å². The topological polar surface area (TPSA) is 75.7 Å². The number of halogens is 2. The maximum absolute atomic E-state index is 12.3. The molecule has 3 rings (SSSR count). The molecular weight excluding hydrogens is 391 g/mol. The highest BCUT2D eigenvalue weighted by Crippen LogP contribution is 2.35. The molecule has 1 atom stereocenters. The molecule has 2 aromatic carbocycles. The van der Waals surface area contributed by atoms with Gasteiger partial charge in [0.05, 0.1) is 21.7 Å². The lowest BCUT2D eigenvalue weighted by atomic mass is 10.1. The Hall–Kier alpha value is -2.57. The summed E-state index contributed by atoms with van der Waals surface area (Å²) in [6.45, 7) is -0.297. The number of nitrogens with one attached hydrogen (secondary N) is 1. The van der Waals surface area contributed by atoms with Gasteiger partial charge in [-0.3, -0.25) is 14.4 Å². The van der Waals surface area contributed by atoms with Gasteiger partial charge >= 0.3 is 5.97 Å². The van der Waals surface area contributed by atoms with E-state index in [0.29, 0.717) is 16.4 Å². The SMILES string of the molecule is O=C(COC(=O)[C@@H]1CC(=O)N(c2cccc(Cl)c2Cl)C1)Nc1ccccc1. The smallest absolute Gasteiger partial charge is 0.311 e. The summed E-state index contributed by atoms with van der Waals surface area (Å²) in [6.07, 6.45) is -0.0119. The number of ether oxygens (including phenoxy) is 1. The summed E-state index contributed by atoms with van der Waals surface area (Å²) in [4.78, 5) is 37.8. The molecule has 1 aliphatic rings. The molecule has 0 aliphatic carbocycles. The Balaban J connectivity index is 1.56. The highest BCUT2D eigenvalue weighted by atomic mass is 35.5. The molecule has 0 unspecified atom stereocenters. The first-order valence-electron chi connectivity index (χ1n) is 8.21. The summed E-state index contributed by atoms with van der Waals surface area (Å²) in [5.74, 6) is -1.98. The van der Waals surface area contributed by atoms with E-state index in [0.717, 1.165) is 0 Å². The molecule has 0 radical (unpaired) electrons. The zero-order valence-electron chi connectivity index (χ0n) is 14.2. The predicted octanol–water partition coefficient (Wildman–Crippen LogP) is 3.53. The van der Waals surface area contributed by atoms with Gasteiger partial charge in [0, 0.05) is 18.7 Å². The summed E-state index contributed by atoms with van der Waals surface area (Å²) in [5, 5.41) is 3.20. The summed E-state index contributed by atoms with van der Waals surface area (Å²) in [5.41, 5.74) is 1.06. The van der Waals surface area contributed by atoms with Gasteiger partial charge in [0.2, 0.25) is 5.91 Å². The highest BCUT2D eigenvalue weighted by molar-refractivity contribution is 6.44. The van der Waals surface area contributed by atoms with Gasteiger partial charge in [0.1, 0.15) is 0 Å². The van der Waals surface area contributed by atoms with Gasteiger partial charge < -0.3 is 15.0 Å². The molecule has 1 heterocycles. The third-order valence-corrected chi connectivity index (χ3v) is 4.89. The number of para-hydroxylation sites is 1. The number of nitrogens with zero attached hydrogens (tertiary/aromatic N) is 1. The Kier molecular flexibility index (Phi) is 5.98. The summed E-state index contributed by atoms with van der Waals surface area (Å²) in [7, 11) is 0. The number of esters is 1. The van der Waals surface area contributed by atoms with Crippen molar-refractivity contribution in [3.8, 4) is 0 Å². The third kappa shape index (κ3) is 4.59. The second-order valence-corrected chi connectivity index (χ2v) is 6.79. The summed E-state index contributed by atoms with van der Waals surface area (Å²) >= 11 is 12.1.